The van der Waals surface area contributed by atoms with Gasteiger partial charge in [-0.25, -0.2) is 5.01 Å². The number of aryl methyl sites for hydroxylation is 1. The average molecular weight is 272 g/mol. The van der Waals surface area contributed by atoms with Crippen molar-refractivity contribution in [3.05, 3.63) is 28.6 Å². The van der Waals surface area contributed by atoms with Crippen LogP contribution in [0.1, 0.15) is 29.8 Å². The highest BCUT2D eigenvalue weighted by Crippen LogP contribution is 2.30. The number of hydrogen-bond acceptors (Lipinski definition) is 3. The smallest absolute Gasteiger partial charge is 0.275 e. The van der Waals surface area contributed by atoms with Crippen LogP contribution in [0.3, 0.4) is 0 Å². The molecule has 1 aromatic heterocycles. The Hall–Kier alpha value is -1.88. The molecule has 2 heterocycles. The van der Waals surface area contributed by atoms with E-state index in [2.05, 4.69) is 28.0 Å². The second-order valence-corrected chi connectivity index (χ2v) is 5.84. The zero-order valence-electron chi connectivity index (χ0n) is 12.2. The van der Waals surface area contributed by atoms with Gasteiger partial charge in [-0.1, -0.05) is 0 Å². The molecule has 5 heteroatoms. The maximum absolute atomic E-state index is 12.2. The number of nitrogens with one attached hydrogen (secondary N) is 1. The molecule has 1 aliphatic carbocycles. The number of amides is 1. The molecule has 0 radical (unpaired) electrons. The molecule has 3 rings (SSSR count). The van der Waals surface area contributed by atoms with Crippen molar-refractivity contribution in [3.63, 3.8) is 0 Å². The van der Waals surface area contributed by atoms with E-state index >= 15 is 0 Å². The molecule has 0 unspecified atom stereocenters. The van der Waals surface area contributed by atoms with Crippen molar-refractivity contribution in [1.29, 1.82) is 0 Å². The van der Waals surface area contributed by atoms with Crippen molar-refractivity contribution < 1.29 is 4.79 Å². The van der Waals surface area contributed by atoms with Gasteiger partial charge in [0.1, 0.15) is 0 Å². The van der Waals surface area contributed by atoms with E-state index in [9.17, 15) is 4.79 Å². The summed E-state index contributed by atoms with van der Waals surface area (Å²) < 4.78 is 0. The third kappa shape index (κ3) is 2.54. The van der Waals surface area contributed by atoms with Crippen molar-refractivity contribution in [2.24, 2.45) is 5.10 Å². The largest absolute Gasteiger partial charge is 0.359 e. The summed E-state index contributed by atoms with van der Waals surface area (Å²) >= 11 is 0. The van der Waals surface area contributed by atoms with Gasteiger partial charge < -0.3 is 9.88 Å². The van der Waals surface area contributed by atoms with Crippen LogP contribution in [0.4, 0.5) is 0 Å². The minimum Gasteiger partial charge on any atom is -0.359 e. The van der Waals surface area contributed by atoms with Crippen LogP contribution in [-0.2, 0) is 11.3 Å². The van der Waals surface area contributed by atoms with Crippen LogP contribution in [0, 0.1) is 6.92 Å². The molecule has 1 saturated carbocycles. The standard InChI is InChI=1S/C15H20N4O/c1-10-12(9-18(2)3)7-13(17-10)6-11-8-16-19(15(11)20)14-4-5-14/h6-8,14,17H,4-5,9H2,1-3H3. The van der Waals surface area contributed by atoms with Gasteiger partial charge in [0.25, 0.3) is 5.91 Å². The Kier molecular flexibility index (Phi) is 3.22. The van der Waals surface area contributed by atoms with Crippen LogP contribution in [-0.4, -0.2) is 47.2 Å². The first kappa shape index (κ1) is 13.1. The quantitative estimate of drug-likeness (QED) is 0.849. The average Bonchev–Trinajstić information content (AvgIpc) is 3.07. The summed E-state index contributed by atoms with van der Waals surface area (Å²) in [5.41, 5.74) is 4.02. The van der Waals surface area contributed by atoms with Gasteiger partial charge in [-0.05, 0) is 51.6 Å². The highest BCUT2D eigenvalue weighted by atomic mass is 16.2. The lowest BCUT2D eigenvalue weighted by molar-refractivity contribution is -0.126. The van der Waals surface area contributed by atoms with E-state index in [1.54, 1.807) is 11.2 Å². The summed E-state index contributed by atoms with van der Waals surface area (Å²) in [5, 5.41) is 5.82. The van der Waals surface area contributed by atoms with Crippen LogP contribution >= 0.6 is 0 Å². The monoisotopic (exact) mass is 272 g/mol. The fraction of sp³-hybridized carbons (Fsp3) is 0.467. The maximum atomic E-state index is 12.2. The number of H-pyrrole nitrogens is 1. The van der Waals surface area contributed by atoms with Crippen molar-refractivity contribution in [2.75, 3.05) is 14.1 Å². The number of aromatic nitrogens is 1. The number of hydrazone groups is 1. The molecular formula is C15H20N4O. The molecule has 106 valence electrons. The van der Waals surface area contributed by atoms with E-state index in [1.165, 1.54) is 5.56 Å². The Morgan fingerprint density at radius 3 is 2.90 bits per heavy atom. The number of carbonyl (C=O) groups is 1. The molecule has 0 atom stereocenters. The Morgan fingerprint density at radius 1 is 1.50 bits per heavy atom. The second kappa shape index (κ2) is 4.90. The van der Waals surface area contributed by atoms with Crippen LogP contribution in [0.25, 0.3) is 6.08 Å². The van der Waals surface area contributed by atoms with E-state index in [0.29, 0.717) is 11.6 Å². The molecule has 2 aliphatic rings. The number of hydrogen-bond donors (Lipinski definition) is 1. The number of aromatic amines is 1. The lowest BCUT2D eigenvalue weighted by Gasteiger charge is -2.08. The molecule has 0 saturated heterocycles. The van der Waals surface area contributed by atoms with Crippen molar-refractivity contribution >= 4 is 18.2 Å². The summed E-state index contributed by atoms with van der Waals surface area (Å²) in [7, 11) is 4.09. The Morgan fingerprint density at radius 2 is 2.25 bits per heavy atom. The summed E-state index contributed by atoms with van der Waals surface area (Å²) in [6.07, 6.45) is 5.71. The van der Waals surface area contributed by atoms with Crippen LogP contribution < -0.4 is 0 Å². The lowest BCUT2D eigenvalue weighted by Crippen LogP contribution is -2.23. The molecule has 1 amide bonds. The van der Waals surface area contributed by atoms with Crippen molar-refractivity contribution in [1.82, 2.24) is 14.9 Å². The van der Waals surface area contributed by atoms with E-state index in [-0.39, 0.29) is 5.91 Å². The first-order valence-corrected chi connectivity index (χ1v) is 6.97. The number of carbonyl (C=O) groups excluding carboxylic acids is 1. The Bertz CT molecular complexity index is 593. The topological polar surface area (TPSA) is 51.7 Å². The first-order chi connectivity index (χ1) is 9.54. The summed E-state index contributed by atoms with van der Waals surface area (Å²) in [6, 6.07) is 2.43. The molecule has 20 heavy (non-hydrogen) atoms. The van der Waals surface area contributed by atoms with E-state index in [1.807, 2.05) is 20.2 Å². The van der Waals surface area contributed by atoms with Crippen LogP contribution in [0.5, 0.6) is 0 Å². The number of rotatable bonds is 4. The molecule has 1 aromatic rings. The van der Waals surface area contributed by atoms with Gasteiger partial charge >= 0.3 is 0 Å². The predicted octanol–water partition coefficient (Wildman–Crippen LogP) is 1.76. The highest BCUT2D eigenvalue weighted by molar-refractivity contribution is 6.18. The van der Waals surface area contributed by atoms with Gasteiger partial charge in [-0.2, -0.15) is 5.10 Å². The van der Waals surface area contributed by atoms with Crippen LogP contribution in [0.2, 0.25) is 0 Å². The van der Waals surface area contributed by atoms with Gasteiger partial charge in [0.05, 0.1) is 17.8 Å². The summed E-state index contributed by atoms with van der Waals surface area (Å²) in [5.74, 6) is 0.0221. The molecule has 0 bridgehead atoms. The molecular weight excluding hydrogens is 252 g/mol. The van der Waals surface area contributed by atoms with E-state index in [4.69, 9.17) is 0 Å². The molecule has 1 aliphatic heterocycles. The van der Waals surface area contributed by atoms with Gasteiger partial charge in [0.2, 0.25) is 0 Å². The molecule has 5 nitrogen and oxygen atoms in total. The minimum atomic E-state index is 0.0221. The van der Waals surface area contributed by atoms with E-state index < -0.39 is 0 Å². The summed E-state index contributed by atoms with van der Waals surface area (Å²) in [6.45, 7) is 2.95. The second-order valence-electron chi connectivity index (χ2n) is 5.84. The van der Waals surface area contributed by atoms with Crippen LogP contribution in [0.15, 0.2) is 16.7 Å². The SMILES string of the molecule is Cc1[nH]c(C=C2C=NN(C3CC3)C2=O)cc1CN(C)C. The molecule has 1 N–H and O–H groups in total. The third-order valence-electron chi connectivity index (χ3n) is 3.61. The zero-order chi connectivity index (χ0) is 14.3. The number of nitrogens with zero attached hydrogens (tertiary/aromatic N) is 3. The highest BCUT2D eigenvalue weighted by Gasteiger charge is 2.36. The minimum absolute atomic E-state index is 0.0221. The lowest BCUT2D eigenvalue weighted by atomic mass is 10.2. The van der Waals surface area contributed by atoms with Gasteiger partial charge in [0, 0.05) is 17.9 Å². The summed E-state index contributed by atoms with van der Waals surface area (Å²) in [4.78, 5) is 17.6. The Balaban J connectivity index is 1.79. The fourth-order valence-electron chi connectivity index (χ4n) is 2.42. The fourth-order valence-corrected chi connectivity index (χ4v) is 2.42. The predicted molar refractivity (Wildman–Crippen MR) is 79.3 cm³/mol. The van der Waals surface area contributed by atoms with Gasteiger partial charge in [-0.3, -0.25) is 4.79 Å². The molecule has 1 fully saturated rings. The molecule has 0 aromatic carbocycles. The maximum Gasteiger partial charge on any atom is 0.275 e. The van der Waals surface area contributed by atoms with Crippen molar-refractivity contribution in [2.45, 2.75) is 32.4 Å². The third-order valence-corrected chi connectivity index (χ3v) is 3.61. The first-order valence-electron chi connectivity index (χ1n) is 6.97. The van der Waals surface area contributed by atoms with Gasteiger partial charge in [-0.15, -0.1) is 0 Å². The normalized spacial score (nSPS) is 20.7. The zero-order valence-corrected chi connectivity index (χ0v) is 12.2. The van der Waals surface area contributed by atoms with Gasteiger partial charge in [0.15, 0.2) is 0 Å². The Labute approximate surface area is 119 Å². The molecule has 0 spiro atoms. The van der Waals surface area contributed by atoms with E-state index in [0.717, 1.165) is 30.8 Å². The van der Waals surface area contributed by atoms with Crippen molar-refractivity contribution in [3.8, 4) is 0 Å².